The largest absolute Gasteiger partial charge is 0.508 e. The van der Waals surface area contributed by atoms with E-state index in [1.165, 1.54) is 6.92 Å². The molecule has 0 aliphatic heterocycles. The molecule has 2 aromatic carbocycles. The zero-order valence-corrected chi connectivity index (χ0v) is 12.9. The lowest BCUT2D eigenvalue weighted by Gasteiger charge is -2.13. The molecule has 0 radical (unpaired) electrons. The molecule has 120 valence electrons. The van der Waals surface area contributed by atoms with Crippen LogP contribution in [0.1, 0.15) is 40.1 Å². The van der Waals surface area contributed by atoms with Gasteiger partial charge in [-0.15, -0.1) is 0 Å². The van der Waals surface area contributed by atoms with Crippen molar-refractivity contribution in [3.8, 4) is 11.5 Å². The summed E-state index contributed by atoms with van der Waals surface area (Å²) in [4.78, 5) is 24.3. The molecule has 0 aliphatic carbocycles. The summed E-state index contributed by atoms with van der Waals surface area (Å²) in [6, 6.07) is 10.5. The van der Waals surface area contributed by atoms with Crippen LogP contribution >= 0.6 is 0 Å². The number of Topliss-reactive ketones (excluding diaryl/α,β-unsaturated/α-hetero) is 1. The summed E-state index contributed by atoms with van der Waals surface area (Å²) in [5.41, 5.74) is 1.55. The highest BCUT2D eigenvalue weighted by Crippen LogP contribution is 2.21. The average Bonchev–Trinajstić information content (AvgIpc) is 2.53. The Balaban J connectivity index is 2.09. The van der Waals surface area contributed by atoms with Crippen LogP contribution in [0.5, 0.6) is 11.5 Å². The third-order valence-corrected chi connectivity index (χ3v) is 3.44. The van der Waals surface area contributed by atoms with Gasteiger partial charge in [-0.05, 0) is 31.0 Å². The van der Waals surface area contributed by atoms with Gasteiger partial charge in [0, 0.05) is 11.6 Å². The second-order valence-corrected chi connectivity index (χ2v) is 5.20. The summed E-state index contributed by atoms with van der Waals surface area (Å²) in [5.74, 6) is -1.62. The fourth-order valence-electron chi connectivity index (χ4n) is 2.13. The molecule has 23 heavy (non-hydrogen) atoms. The summed E-state index contributed by atoms with van der Waals surface area (Å²) in [5, 5.41) is 18.8. The number of benzene rings is 2. The molecule has 0 heterocycles. The Kier molecular flexibility index (Phi) is 5.01. The van der Waals surface area contributed by atoms with Crippen molar-refractivity contribution in [2.45, 2.75) is 26.4 Å². The molecule has 0 amide bonds. The monoisotopic (exact) mass is 314 g/mol. The molecule has 1 unspecified atom stereocenters. The van der Waals surface area contributed by atoms with Gasteiger partial charge in [0.05, 0.1) is 5.56 Å². The zero-order chi connectivity index (χ0) is 17.0. The Labute approximate surface area is 134 Å². The van der Waals surface area contributed by atoms with Crippen LogP contribution in [0.2, 0.25) is 0 Å². The fraction of sp³-hybridized carbons (Fsp3) is 0.222. The average molecular weight is 314 g/mol. The SMILES string of the molecule is CCc1ccc(C(=O)C(C)OC(=O)c2cc(O)cc(O)c2)cc1. The number of aryl methyl sites for hydroxylation is 1. The van der Waals surface area contributed by atoms with Gasteiger partial charge in [0.25, 0.3) is 0 Å². The molecular formula is C18H18O5. The maximum absolute atomic E-state index is 12.3. The number of hydrogen-bond acceptors (Lipinski definition) is 5. The maximum Gasteiger partial charge on any atom is 0.339 e. The van der Waals surface area contributed by atoms with Crippen molar-refractivity contribution in [3.05, 3.63) is 59.2 Å². The number of rotatable bonds is 5. The van der Waals surface area contributed by atoms with Gasteiger partial charge >= 0.3 is 5.97 Å². The summed E-state index contributed by atoms with van der Waals surface area (Å²) in [7, 11) is 0. The molecule has 0 fully saturated rings. The second kappa shape index (κ2) is 6.96. The molecule has 0 aliphatic rings. The van der Waals surface area contributed by atoms with Crippen molar-refractivity contribution < 1.29 is 24.5 Å². The first-order valence-electron chi connectivity index (χ1n) is 7.28. The van der Waals surface area contributed by atoms with Crippen molar-refractivity contribution in [1.82, 2.24) is 0 Å². The Morgan fingerprint density at radius 1 is 1.00 bits per heavy atom. The van der Waals surface area contributed by atoms with E-state index in [-0.39, 0.29) is 22.8 Å². The molecule has 0 spiro atoms. The fourth-order valence-corrected chi connectivity index (χ4v) is 2.13. The van der Waals surface area contributed by atoms with E-state index < -0.39 is 12.1 Å². The minimum Gasteiger partial charge on any atom is -0.508 e. The molecule has 2 N–H and O–H groups in total. The van der Waals surface area contributed by atoms with E-state index in [1.807, 2.05) is 19.1 Å². The third kappa shape index (κ3) is 4.10. The van der Waals surface area contributed by atoms with Gasteiger partial charge in [0.15, 0.2) is 6.10 Å². The molecule has 2 rings (SSSR count). The highest BCUT2D eigenvalue weighted by Gasteiger charge is 2.21. The Morgan fingerprint density at radius 3 is 2.09 bits per heavy atom. The Morgan fingerprint density at radius 2 is 1.57 bits per heavy atom. The second-order valence-electron chi connectivity index (χ2n) is 5.20. The van der Waals surface area contributed by atoms with Gasteiger partial charge in [-0.25, -0.2) is 4.79 Å². The van der Waals surface area contributed by atoms with E-state index in [0.29, 0.717) is 5.56 Å². The summed E-state index contributed by atoms with van der Waals surface area (Å²) in [6.07, 6.45) is -0.0977. The van der Waals surface area contributed by atoms with E-state index in [0.717, 1.165) is 30.2 Å². The zero-order valence-electron chi connectivity index (χ0n) is 12.9. The molecular weight excluding hydrogens is 296 g/mol. The highest BCUT2D eigenvalue weighted by molar-refractivity contribution is 6.01. The van der Waals surface area contributed by atoms with Crippen molar-refractivity contribution in [2.75, 3.05) is 0 Å². The van der Waals surface area contributed by atoms with Gasteiger partial charge in [0.1, 0.15) is 11.5 Å². The van der Waals surface area contributed by atoms with Crippen LogP contribution in [-0.2, 0) is 11.2 Å². The molecule has 0 saturated heterocycles. The van der Waals surface area contributed by atoms with Crippen LogP contribution in [0.25, 0.3) is 0 Å². The first kappa shape index (κ1) is 16.5. The maximum atomic E-state index is 12.3. The number of phenols is 2. The van der Waals surface area contributed by atoms with Crippen LogP contribution in [0, 0.1) is 0 Å². The number of ether oxygens (including phenoxy) is 1. The normalized spacial score (nSPS) is 11.7. The van der Waals surface area contributed by atoms with Crippen LogP contribution in [0.3, 0.4) is 0 Å². The minimum atomic E-state index is -0.973. The third-order valence-electron chi connectivity index (χ3n) is 3.44. The molecule has 0 saturated carbocycles. The Bertz CT molecular complexity index is 698. The number of carbonyl (C=O) groups is 2. The molecule has 5 nitrogen and oxygen atoms in total. The molecule has 2 aromatic rings. The van der Waals surface area contributed by atoms with Gasteiger partial charge < -0.3 is 14.9 Å². The van der Waals surface area contributed by atoms with Crippen molar-refractivity contribution in [2.24, 2.45) is 0 Å². The first-order valence-corrected chi connectivity index (χ1v) is 7.28. The van der Waals surface area contributed by atoms with Gasteiger partial charge in [0.2, 0.25) is 5.78 Å². The van der Waals surface area contributed by atoms with Crippen molar-refractivity contribution >= 4 is 11.8 Å². The lowest BCUT2D eigenvalue weighted by molar-refractivity contribution is 0.0318. The standard InChI is InChI=1S/C18H18O5/c1-3-12-4-6-13(7-5-12)17(21)11(2)23-18(22)14-8-15(19)10-16(20)9-14/h4-11,19-20H,3H2,1-2H3. The lowest BCUT2D eigenvalue weighted by atomic mass is 10.0. The topological polar surface area (TPSA) is 83.8 Å². The molecule has 0 aromatic heterocycles. The quantitative estimate of drug-likeness (QED) is 0.654. The van der Waals surface area contributed by atoms with E-state index in [9.17, 15) is 19.8 Å². The van der Waals surface area contributed by atoms with E-state index >= 15 is 0 Å². The summed E-state index contributed by atoms with van der Waals surface area (Å²) >= 11 is 0. The van der Waals surface area contributed by atoms with Crippen molar-refractivity contribution in [3.63, 3.8) is 0 Å². The summed E-state index contributed by atoms with van der Waals surface area (Å²) in [6.45, 7) is 3.50. The van der Waals surface area contributed by atoms with E-state index in [1.54, 1.807) is 12.1 Å². The summed E-state index contributed by atoms with van der Waals surface area (Å²) < 4.78 is 5.11. The van der Waals surface area contributed by atoms with Crippen LogP contribution < -0.4 is 0 Å². The number of ketones is 1. The van der Waals surface area contributed by atoms with E-state index in [4.69, 9.17) is 4.74 Å². The Hall–Kier alpha value is -2.82. The minimum absolute atomic E-state index is 0.0246. The van der Waals surface area contributed by atoms with Crippen LogP contribution in [-0.4, -0.2) is 28.1 Å². The number of carbonyl (C=O) groups excluding carboxylic acids is 2. The first-order chi connectivity index (χ1) is 10.9. The molecule has 0 bridgehead atoms. The number of phenolic OH excluding ortho intramolecular Hbond substituents is 2. The number of esters is 1. The van der Waals surface area contributed by atoms with Gasteiger partial charge in [-0.1, -0.05) is 31.2 Å². The van der Waals surface area contributed by atoms with Crippen LogP contribution in [0.15, 0.2) is 42.5 Å². The predicted octanol–water partition coefficient (Wildman–Crippen LogP) is 3.09. The highest BCUT2D eigenvalue weighted by atomic mass is 16.5. The predicted molar refractivity (Wildman–Crippen MR) is 84.8 cm³/mol. The number of hydrogen-bond donors (Lipinski definition) is 2. The van der Waals surface area contributed by atoms with Gasteiger partial charge in [-0.3, -0.25) is 4.79 Å². The molecule has 1 atom stereocenters. The molecule has 5 heteroatoms. The smallest absolute Gasteiger partial charge is 0.339 e. The van der Waals surface area contributed by atoms with E-state index in [2.05, 4.69) is 0 Å². The van der Waals surface area contributed by atoms with Crippen LogP contribution in [0.4, 0.5) is 0 Å². The lowest BCUT2D eigenvalue weighted by Crippen LogP contribution is -2.24. The number of aromatic hydroxyl groups is 2. The van der Waals surface area contributed by atoms with Crippen molar-refractivity contribution in [1.29, 1.82) is 0 Å². The van der Waals surface area contributed by atoms with Gasteiger partial charge in [-0.2, -0.15) is 0 Å².